The number of ether oxygens (including phenoxy) is 1. The van der Waals surface area contributed by atoms with Crippen LogP contribution in [0.4, 0.5) is 5.82 Å². The normalized spacial score (nSPS) is 14.5. The number of hydrogen-bond donors (Lipinski definition) is 1. The van der Waals surface area contributed by atoms with Crippen LogP contribution in [0.2, 0.25) is 0 Å². The van der Waals surface area contributed by atoms with E-state index in [1.165, 1.54) is 22.5 Å². The lowest BCUT2D eigenvalue weighted by Gasteiger charge is -2.39. The summed E-state index contributed by atoms with van der Waals surface area (Å²) in [5.74, 6) is 0.0833. The van der Waals surface area contributed by atoms with Gasteiger partial charge in [-0.3, -0.25) is 9.78 Å². The molecule has 6 heteroatoms. The number of amides is 1. The molecule has 0 radical (unpaired) electrons. The minimum Gasteiger partial charge on any atom is -0.370 e. The van der Waals surface area contributed by atoms with Crippen molar-refractivity contribution in [2.24, 2.45) is 5.73 Å². The first-order chi connectivity index (χ1) is 12.2. The van der Waals surface area contributed by atoms with Crippen LogP contribution in [0, 0.1) is 0 Å². The van der Waals surface area contributed by atoms with Crippen LogP contribution >= 0.6 is 0 Å². The van der Waals surface area contributed by atoms with Crippen molar-refractivity contribution in [1.82, 2.24) is 9.97 Å². The molecule has 0 saturated carbocycles. The summed E-state index contributed by atoms with van der Waals surface area (Å²) in [5, 5.41) is 2.44. The van der Waals surface area contributed by atoms with Crippen molar-refractivity contribution in [3.05, 3.63) is 66.1 Å². The number of aromatic nitrogens is 2. The highest BCUT2D eigenvalue weighted by Gasteiger charge is 2.29. The molecule has 6 nitrogen and oxygen atoms in total. The molecule has 1 saturated heterocycles. The Balaban J connectivity index is 1.37. The van der Waals surface area contributed by atoms with E-state index in [9.17, 15) is 4.79 Å². The first-order valence-electron chi connectivity index (χ1n) is 8.16. The highest BCUT2D eigenvalue weighted by Crippen LogP contribution is 2.23. The van der Waals surface area contributed by atoms with Crippen LogP contribution < -0.4 is 10.6 Å². The van der Waals surface area contributed by atoms with Crippen molar-refractivity contribution in [1.29, 1.82) is 0 Å². The Morgan fingerprint density at radius 1 is 1.16 bits per heavy atom. The second kappa shape index (κ2) is 6.49. The zero-order valence-electron chi connectivity index (χ0n) is 13.6. The average molecular weight is 334 g/mol. The Morgan fingerprint density at radius 3 is 2.80 bits per heavy atom. The van der Waals surface area contributed by atoms with Crippen LogP contribution in [0.25, 0.3) is 10.8 Å². The molecule has 0 bridgehead atoms. The van der Waals surface area contributed by atoms with Gasteiger partial charge in [-0.2, -0.15) is 0 Å². The quantitative estimate of drug-likeness (QED) is 0.773. The maximum absolute atomic E-state index is 11.2. The molecule has 126 valence electrons. The van der Waals surface area contributed by atoms with E-state index in [0.29, 0.717) is 12.4 Å². The molecule has 1 fully saturated rings. The van der Waals surface area contributed by atoms with E-state index in [1.54, 1.807) is 6.20 Å². The fourth-order valence-electron chi connectivity index (χ4n) is 2.98. The van der Waals surface area contributed by atoms with Gasteiger partial charge < -0.3 is 15.4 Å². The summed E-state index contributed by atoms with van der Waals surface area (Å²) in [6.45, 7) is 2.02. The number of nitrogens with zero attached hydrogens (tertiary/aromatic N) is 3. The van der Waals surface area contributed by atoms with Crippen LogP contribution in [-0.4, -0.2) is 35.1 Å². The zero-order chi connectivity index (χ0) is 17.2. The van der Waals surface area contributed by atoms with Crippen LogP contribution in [-0.2, 0) is 11.3 Å². The molecule has 2 heterocycles. The predicted molar refractivity (Wildman–Crippen MR) is 95.3 cm³/mol. The van der Waals surface area contributed by atoms with Gasteiger partial charge in [-0.15, -0.1) is 0 Å². The average Bonchev–Trinajstić information content (AvgIpc) is 2.60. The number of hydrogen-bond acceptors (Lipinski definition) is 5. The van der Waals surface area contributed by atoms with Gasteiger partial charge in [0, 0.05) is 13.1 Å². The number of carbonyl (C=O) groups excluding carboxylic acids is 1. The number of primary amides is 1. The molecule has 0 unspecified atom stereocenters. The lowest BCUT2D eigenvalue weighted by atomic mass is 10.1. The van der Waals surface area contributed by atoms with Gasteiger partial charge >= 0.3 is 0 Å². The third-order valence-corrected chi connectivity index (χ3v) is 4.40. The van der Waals surface area contributed by atoms with Gasteiger partial charge in [0.25, 0.3) is 5.91 Å². The first kappa shape index (κ1) is 15.5. The summed E-state index contributed by atoms with van der Waals surface area (Å²) in [5.41, 5.74) is 6.61. The third kappa shape index (κ3) is 3.16. The molecule has 25 heavy (non-hydrogen) atoms. The summed E-state index contributed by atoms with van der Waals surface area (Å²) in [6, 6.07) is 14.6. The lowest BCUT2D eigenvalue weighted by molar-refractivity contribution is 0.0226. The van der Waals surface area contributed by atoms with Gasteiger partial charge in [0.1, 0.15) is 11.5 Å². The largest absolute Gasteiger partial charge is 0.370 e. The Labute approximate surface area is 145 Å². The Hall–Kier alpha value is -2.99. The Morgan fingerprint density at radius 2 is 1.96 bits per heavy atom. The van der Waals surface area contributed by atoms with Crippen molar-refractivity contribution in [3.8, 4) is 0 Å². The number of carbonyl (C=O) groups is 1. The van der Waals surface area contributed by atoms with Crippen molar-refractivity contribution in [3.63, 3.8) is 0 Å². The number of nitrogens with two attached hydrogens (primary N) is 1. The fourth-order valence-corrected chi connectivity index (χ4v) is 2.98. The number of fused-ring (bicyclic) bond motifs is 1. The minimum atomic E-state index is -0.571. The lowest BCUT2D eigenvalue weighted by Crippen LogP contribution is -2.52. The van der Waals surface area contributed by atoms with E-state index < -0.39 is 5.91 Å². The molecular formula is C19H18N4O2. The topological polar surface area (TPSA) is 81.3 Å². The summed E-state index contributed by atoms with van der Waals surface area (Å²) >= 11 is 0. The molecule has 4 rings (SSSR count). The molecule has 1 aromatic heterocycles. The summed E-state index contributed by atoms with van der Waals surface area (Å²) in [6.07, 6.45) is 3.14. The Kier molecular flexibility index (Phi) is 4.03. The third-order valence-electron chi connectivity index (χ3n) is 4.40. The second-order valence-corrected chi connectivity index (χ2v) is 6.10. The van der Waals surface area contributed by atoms with E-state index >= 15 is 0 Å². The van der Waals surface area contributed by atoms with E-state index in [4.69, 9.17) is 10.5 Å². The van der Waals surface area contributed by atoms with Crippen molar-refractivity contribution >= 4 is 22.5 Å². The van der Waals surface area contributed by atoms with Gasteiger partial charge in [-0.25, -0.2) is 4.98 Å². The van der Waals surface area contributed by atoms with Crippen LogP contribution in [0.15, 0.2) is 54.9 Å². The van der Waals surface area contributed by atoms with Gasteiger partial charge in [-0.05, 0) is 16.3 Å². The van der Waals surface area contributed by atoms with Crippen molar-refractivity contribution in [2.45, 2.75) is 12.7 Å². The van der Waals surface area contributed by atoms with E-state index in [1.807, 2.05) is 17.0 Å². The second-order valence-electron chi connectivity index (χ2n) is 6.10. The molecule has 0 atom stereocenters. The molecule has 1 amide bonds. The standard InChI is InChI=1S/C19H18N4O2/c20-19(24)17-8-21-9-18(22-17)23-10-15(11-23)25-12-14-6-3-5-13-4-1-2-7-16(13)14/h1-9,15H,10-12H2,(H2,20,24). The summed E-state index contributed by atoms with van der Waals surface area (Å²) in [4.78, 5) is 21.4. The zero-order valence-corrected chi connectivity index (χ0v) is 13.6. The molecule has 0 aliphatic carbocycles. The number of rotatable bonds is 5. The molecule has 2 aromatic carbocycles. The highest BCUT2D eigenvalue weighted by atomic mass is 16.5. The van der Waals surface area contributed by atoms with E-state index in [-0.39, 0.29) is 11.8 Å². The monoisotopic (exact) mass is 334 g/mol. The van der Waals surface area contributed by atoms with Gasteiger partial charge in [0.2, 0.25) is 0 Å². The highest BCUT2D eigenvalue weighted by molar-refractivity contribution is 5.90. The molecular weight excluding hydrogens is 316 g/mol. The van der Waals surface area contributed by atoms with Crippen LogP contribution in [0.1, 0.15) is 16.1 Å². The maximum atomic E-state index is 11.2. The van der Waals surface area contributed by atoms with Gasteiger partial charge in [-0.1, -0.05) is 42.5 Å². The molecule has 1 aliphatic heterocycles. The maximum Gasteiger partial charge on any atom is 0.268 e. The molecule has 2 N–H and O–H groups in total. The van der Waals surface area contributed by atoms with Crippen LogP contribution in [0.3, 0.4) is 0 Å². The van der Waals surface area contributed by atoms with E-state index in [2.05, 4.69) is 40.3 Å². The van der Waals surface area contributed by atoms with Crippen LogP contribution in [0.5, 0.6) is 0 Å². The summed E-state index contributed by atoms with van der Waals surface area (Å²) in [7, 11) is 0. The van der Waals surface area contributed by atoms with Gasteiger partial charge in [0.05, 0.1) is 25.1 Å². The Bertz CT molecular complexity index is 917. The fraction of sp³-hybridized carbons (Fsp3) is 0.211. The van der Waals surface area contributed by atoms with Crippen molar-refractivity contribution in [2.75, 3.05) is 18.0 Å². The van der Waals surface area contributed by atoms with E-state index in [0.717, 1.165) is 13.1 Å². The smallest absolute Gasteiger partial charge is 0.268 e. The first-order valence-corrected chi connectivity index (χ1v) is 8.16. The predicted octanol–water partition coefficient (Wildman–Crippen LogP) is 2.13. The van der Waals surface area contributed by atoms with Crippen molar-refractivity contribution < 1.29 is 9.53 Å². The SMILES string of the molecule is NC(=O)c1cncc(N2CC(OCc3cccc4ccccc34)C2)n1. The minimum absolute atomic E-state index is 0.137. The molecule has 1 aliphatic rings. The number of benzene rings is 2. The molecule has 0 spiro atoms. The van der Waals surface area contributed by atoms with Gasteiger partial charge in [0.15, 0.2) is 0 Å². The summed E-state index contributed by atoms with van der Waals surface area (Å²) < 4.78 is 6.02. The number of anilines is 1. The molecule has 3 aromatic rings.